The summed E-state index contributed by atoms with van der Waals surface area (Å²) in [5.74, 6) is -0.215. The highest BCUT2D eigenvalue weighted by Crippen LogP contribution is 2.35. The average molecular weight is 695 g/mol. The molecule has 9 heteroatoms. The number of unbranched alkanes of at least 4 members (excludes halogenated alkanes) is 15. The Balaban J connectivity index is 4.06. The Morgan fingerprint density at radius 1 is 0.625 bits per heavy atom. The van der Waals surface area contributed by atoms with Gasteiger partial charge in [0.2, 0.25) is 0 Å². The molecule has 0 aromatic rings. The number of hydrogen-bond acceptors (Lipinski definition) is 6. The van der Waals surface area contributed by atoms with E-state index in [1.807, 2.05) is 30.4 Å². The smallest absolute Gasteiger partial charge is 0.469 e. The Bertz CT molecular complexity index is 963. The van der Waals surface area contributed by atoms with E-state index in [2.05, 4.69) is 30.5 Å². The third kappa shape index (κ3) is 36.6. The molecular formula is C39H67O8P. The lowest BCUT2D eigenvalue weighted by atomic mass is 10.0. The molecule has 276 valence electrons. The van der Waals surface area contributed by atoms with Crippen LogP contribution < -0.4 is 0 Å². The summed E-state index contributed by atoms with van der Waals surface area (Å²) in [6.07, 6.45) is 41.5. The van der Waals surface area contributed by atoms with E-state index in [1.54, 1.807) is 12.2 Å². The van der Waals surface area contributed by atoms with Gasteiger partial charge in [-0.15, -0.1) is 0 Å². The topological polar surface area (TPSA) is 119 Å². The minimum absolute atomic E-state index is 0.151. The zero-order chi connectivity index (χ0) is 35.4. The van der Waals surface area contributed by atoms with Crippen molar-refractivity contribution in [2.24, 2.45) is 0 Å². The molecule has 0 radical (unpaired) electrons. The van der Waals surface area contributed by atoms with Gasteiger partial charge in [-0.05, 0) is 57.1 Å². The molecule has 0 amide bonds. The van der Waals surface area contributed by atoms with Crippen LogP contribution in [-0.2, 0) is 28.2 Å². The van der Waals surface area contributed by atoms with Gasteiger partial charge < -0.3 is 19.3 Å². The third-order valence-electron chi connectivity index (χ3n) is 7.64. The van der Waals surface area contributed by atoms with Crippen LogP contribution >= 0.6 is 7.82 Å². The first kappa shape index (κ1) is 45.8. The molecule has 0 heterocycles. The molecule has 0 aliphatic carbocycles. The largest absolute Gasteiger partial charge is 0.492 e. The molecule has 0 aromatic heterocycles. The van der Waals surface area contributed by atoms with Gasteiger partial charge in [-0.3, -0.25) is 14.1 Å². The Hall–Kier alpha value is -2.25. The maximum Gasteiger partial charge on any atom is 0.469 e. The van der Waals surface area contributed by atoms with E-state index in [4.69, 9.17) is 19.3 Å². The number of hydrogen-bond donors (Lipinski definition) is 2. The Morgan fingerprint density at radius 3 is 1.83 bits per heavy atom. The number of phosphoric ester groups is 1. The normalized spacial score (nSPS) is 13.2. The SMILES string of the molecule is CCCCCCCCCCCCCC/C=C/O[C@H](COC(=O)CCC/C=C\C/C=C\C/C=C\C=C\C(=O)CCCCC)COP(=O)(O)O. The van der Waals surface area contributed by atoms with Crippen molar-refractivity contribution < 1.29 is 37.9 Å². The van der Waals surface area contributed by atoms with Crippen LogP contribution in [0.4, 0.5) is 0 Å². The first-order chi connectivity index (χ1) is 23.3. The molecule has 0 saturated heterocycles. The van der Waals surface area contributed by atoms with Crippen LogP contribution in [0.25, 0.3) is 0 Å². The second-order valence-corrected chi connectivity index (χ2v) is 13.5. The third-order valence-corrected chi connectivity index (χ3v) is 8.12. The molecular weight excluding hydrogens is 627 g/mol. The molecule has 1 atom stereocenters. The fraction of sp³-hybridized carbons (Fsp3) is 0.692. The Morgan fingerprint density at radius 2 is 1.19 bits per heavy atom. The molecule has 0 spiro atoms. The van der Waals surface area contributed by atoms with Crippen molar-refractivity contribution in [2.45, 2.75) is 161 Å². The molecule has 8 nitrogen and oxygen atoms in total. The highest BCUT2D eigenvalue weighted by atomic mass is 31.2. The molecule has 48 heavy (non-hydrogen) atoms. The summed E-state index contributed by atoms with van der Waals surface area (Å²) in [5, 5.41) is 0. The fourth-order valence-electron chi connectivity index (χ4n) is 4.78. The quantitative estimate of drug-likeness (QED) is 0.0130. The maximum absolute atomic E-state index is 12.2. The number of ether oxygens (including phenoxy) is 2. The van der Waals surface area contributed by atoms with E-state index in [-0.39, 0.29) is 25.4 Å². The highest BCUT2D eigenvalue weighted by molar-refractivity contribution is 7.46. The van der Waals surface area contributed by atoms with Crippen LogP contribution in [0.2, 0.25) is 0 Å². The minimum Gasteiger partial charge on any atom is -0.492 e. The standard InChI is InChI=1S/C39H67O8P/c1-3-5-7-8-9-10-11-12-13-17-20-23-26-30-34-45-38(36-47-48(42,43)44)35-46-39(41)33-29-25-22-19-16-14-15-18-21-24-28-32-37(40)31-27-6-4-2/h14-15,19,21-22,24,28,30,32,34,38H,3-13,16-18,20,23,25-27,29,31,33,35-36H2,1-2H3,(H2,42,43,44)/b15-14-,22-19-,24-21-,32-28+,34-30+/t38-/m1/s1. The first-order valence-corrected chi connectivity index (χ1v) is 20.1. The number of allylic oxidation sites excluding steroid dienone is 9. The number of phosphoric acid groups is 1. The van der Waals surface area contributed by atoms with E-state index in [0.29, 0.717) is 12.8 Å². The van der Waals surface area contributed by atoms with Crippen LogP contribution in [0.1, 0.15) is 155 Å². The van der Waals surface area contributed by atoms with Gasteiger partial charge in [0, 0.05) is 12.8 Å². The van der Waals surface area contributed by atoms with Crippen molar-refractivity contribution in [3.05, 3.63) is 60.9 Å². The molecule has 0 aliphatic rings. The van der Waals surface area contributed by atoms with Crippen molar-refractivity contribution in [1.82, 2.24) is 0 Å². The summed E-state index contributed by atoms with van der Waals surface area (Å²) in [4.78, 5) is 42.0. The number of ketones is 1. The van der Waals surface area contributed by atoms with Crippen molar-refractivity contribution in [1.29, 1.82) is 0 Å². The summed E-state index contributed by atoms with van der Waals surface area (Å²) >= 11 is 0. The van der Waals surface area contributed by atoms with Crippen LogP contribution in [-0.4, -0.2) is 40.9 Å². The number of carbonyl (C=O) groups excluding carboxylic acids is 2. The number of carbonyl (C=O) groups is 2. The van der Waals surface area contributed by atoms with Crippen molar-refractivity contribution in [3.8, 4) is 0 Å². The molecule has 0 aliphatic heterocycles. The number of esters is 1. The van der Waals surface area contributed by atoms with Gasteiger partial charge in [-0.2, -0.15) is 0 Å². The Kier molecular flexibility index (Phi) is 33.0. The van der Waals surface area contributed by atoms with Gasteiger partial charge in [-0.25, -0.2) is 4.57 Å². The average Bonchev–Trinajstić information content (AvgIpc) is 3.05. The number of rotatable bonds is 34. The molecule has 0 rings (SSSR count). The summed E-state index contributed by atoms with van der Waals surface area (Å²) in [5.41, 5.74) is 0. The van der Waals surface area contributed by atoms with Gasteiger partial charge in [0.25, 0.3) is 0 Å². The minimum atomic E-state index is -4.67. The van der Waals surface area contributed by atoms with Crippen molar-refractivity contribution >= 4 is 19.6 Å². The second-order valence-electron chi connectivity index (χ2n) is 12.3. The second kappa shape index (κ2) is 34.6. The van der Waals surface area contributed by atoms with Crippen LogP contribution in [0.5, 0.6) is 0 Å². The van der Waals surface area contributed by atoms with Gasteiger partial charge in [0.05, 0.1) is 12.9 Å². The van der Waals surface area contributed by atoms with E-state index in [0.717, 1.165) is 57.8 Å². The summed E-state index contributed by atoms with van der Waals surface area (Å²) in [6, 6.07) is 0. The summed E-state index contributed by atoms with van der Waals surface area (Å²) in [6.45, 7) is 3.84. The Labute approximate surface area is 292 Å². The predicted octanol–water partition coefficient (Wildman–Crippen LogP) is 11.0. The lowest BCUT2D eigenvalue weighted by Crippen LogP contribution is -2.25. The molecule has 0 bridgehead atoms. The van der Waals surface area contributed by atoms with Crippen molar-refractivity contribution in [3.63, 3.8) is 0 Å². The fourth-order valence-corrected chi connectivity index (χ4v) is 5.14. The molecule has 2 N–H and O–H groups in total. The maximum atomic E-state index is 12.2. The van der Waals surface area contributed by atoms with Crippen LogP contribution in [0.3, 0.4) is 0 Å². The highest BCUT2D eigenvalue weighted by Gasteiger charge is 2.20. The molecule has 0 saturated carbocycles. The lowest BCUT2D eigenvalue weighted by molar-refractivity contribution is -0.147. The van der Waals surface area contributed by atoms with Gasteiger partial charge >= 0.3 is 13.8 Å². The van der Waals surface area contributed by atoms with Gasteiger partial charge in [0.15, 0.2) is 11.9 Å². The van der Waals surface area contributed by atoms with E-state index in [1.165, 1.54) is 70.5 Å². The lowest BCUT2D eigenvalue weighted by Gasteiger charge is -2.17. The van der Waals surface area contributed by atoms with Crippen molar-refractivity contribution in [2.75, 3.05) is 13.2 Å². The first-order valence-electron chi connectivity index (χ1n) is 18.6. The van der Waals surface area contributed by atoms with Crippen LogP contribution in [0, 0.1) is 0 Å². The monoisotopic (exact) mass is 694 g/mol. The molecule has 0 unspecified atom stereocenters. The van der Waals surface area contributed by atoms with Gasteiger partial charge in [0.1, 0.15) is 6.61 Å². The van der Waals surface area contributed by atoms with E-state index in [9.17, 15) is 14.2 Å². The van der Waals surface area contributed by atoms with Gasteiger partial charge in [-0.1, -0.05) is 140 Å². The molecule has 0 aromatic carbocycles. The van der Waals surface area contributed by atoms with E-state index >= 15 is 0 Å². The zero-order valence-electron chi connectivity index (χ0n) is 30.1. The van der Waals surface area contributed by atoms with Crippen LogP contribution in [0.15, 0.2) is 60.9 Å². The molecule has 0 fully saturated rings. The predicted molar refractivity (Wildman–Crippen MR) is 197 cm³/mol. The summed E-state index contributed by atoms with van der Waals surface area (Å²) in [7, 11) is -4.67. The summed E-state index contributed by atoms with van der Waals surface area (Å²) < 4.78 is 26.6. The van der Waals surface area contributed by atoms with E-state index < -0.39 is 19.9 Å². The zero-order valence-corrected chi connectivity index (χ0v) is 31.0.